The summed E-state index contributed by atoms with van der Waals surface area (Å²) < 4.78 is 0. The van der Waals surface area contributed by atoms with Gasteiger partial charge in [-0.05, 0) is 11.1 Å². The van der Waals surface area contributed by atoms with Crippen LogP contribution >= 0.6 is 0 Å². The number of hydrogen-bond donors (Lipinski definition) is 0. The van der Waals surface area contributed by atoms with E-state index in [0.717, 1.165) is 5.03 Å². The van der Waals surface area contributed by atoms with Crippen molar-refractivity contribution in [3.63, 3.8) is 0 Å². The molecule has 0 aliphatic rings. The maximum absolute atomic E-state index is 15.7. The molecule has 4 unspecified atom stereocenters. The molecule has 0 saturated heterocycles. The molecular weight excluding hydrogens is 509 g/mol. The molecule has 0 spiro atoms. The van der Waals surface area contributed by atoms with Crippen LogP contribution < -0.4 is 0 Å². The molecule has 0 heterocycles. The lowest BCUT2D eigenvalue weighted by atomic mass is 10.2. The fourth-order valence-electron chi connectivity index (χ4n) is 6.32. The molecule has 0 aromatic carbocycles. The molecular formula is C27H66OSi6. The molecule has 0 radical (unpaired) electrons. The Morgan fingerprint density at radius 2 is 0.794 bits per heavy atom. The minimum atomic E-state index is -2.12. The van der Waals surface area contributed by atoms with E-state index in [1.807, 2.05) is 0 Å². The third-order valence-electron chi connectivity index (χ3n) is 11.7. The Morgan fingerprint density at radius 3 is 1.00 bits per heavy atom. The SMILES string of the molecule is CCCCCC(C)[Si](C)(C(=O)[Si](C)(C(C)CCCCC)[Si](C)(C)[Si](C)(C)C)[Si](C)(C)[Si](C)(C)C. The lowest BCUT2D eigenvalue weighted by Gasteiger charge is -2.58. The van der Waals surface area contributed by atoms with Gasteiger partial charge in [0, 0.05) is 29.4 Å². The molecule has 204 valence electrons. The number of carbonyl (C=O) groups excluding carboxylic acids is 1. The van der Waals surface area contributed by atoms with Crippen molar-refractivity contribution in [2.75, 3.05) is 0 Å². The fraction of sp³-hybridized carbons (Fsp3) is 0.963. The summed E-state index contributed by atoms with van der Waals surface area (Å²) in [5.41, 5.74) is 1.31. The largest absolute Gasteiger partial charge is 0.311 e. The molecule has 0 rings (SSSR count). The van der Waals surface area contributed by atoms with Gasteiger partial charge in [0.2, 0.25) is 0 Å². The van der Waals surface area contributed by atoms with Gasteiger partial charge in [-0.3, -0.25) is 0 Å². The topological polar surface area (TPSA) is 17.1 Å². The molecule has 0 aliphatic heterocycles. The molecule has 0 N–H and O–H groups in total. The Bertz CT molecular complexity index is 594. The van der Waals surface area contributed by atoms with E-state index in [-0.39, 0.29) is 0 Å². The summed E-state index contributed by atoms with van der Waals surface area (Å²) in [5.74, 6) is 0. The van der Waals surface area contributed by atoms with Gasteiger partial charge >= 0.3 is 0 Å². The first-order valence-electron chi connectivity index (χ1n) is 14.7. The third-order valence-corrected chi connectivity index (χ3v) is 101. The van der Waals surface area contributed by atoms with Crippen LogP contribution in [0.1, 0.15) is 79.1 Å². The lowest BCUT2D eigenvalue weighted by molar-refractivity contribution is 0.271. The highest BCUT2D eigenvalue weighted by Gasteiger charge is 2.67. The van der Waals surface area contributed by atoms with Crippen LogP contribution in [0.5, 0.6) is 0 Å². The molecule has 7 heteroatoms. The molecule has 34 heavy (non-hydrogen) atoms. The van der Waals surface area contributed by atoms with E-state index in [9.17, 15) is 0 Å². The van der Waals surface area contributed by atoms with Crippen molar-refractivity contribution in [1.29, 1.82) is 0 Å². The minimum Gasteiger partial charge on any atom is -0.311 e. The average molecular weight is 575 g/mol. The van der Waals surface area contributed by atoms with Gasteiger partial charge in [-0.25, -0.2) is 0 Å². The number of rotatable bonds is 16. The first-order valence-corrected chi connectivity index (χ1v) is 36.8. The molecule has 1 nitrogen and oxygen atoms in total. The second-order valence-electron chi connectivity index (χ2n) is 15.3. The van der Waals surface area contributed by atoms with E-state index < -0.39 is 44.6 Å². The van der Waals surface area contributed by atoms with Gasteiger partial charge < -0.3 is 4.79 Å². The van der Waals surface area contributed by atoms with E-state index in [1.54, 1.807) is 0 Å². The maximum Gasteiger partial charge on any atom is 0.116 e. The van der Waals surface area contributed by atoms with Crippen molar-refractivity contribution in [1.82, 2.24) is 0 Å². The van der Waals surface area contributed by atoms with Crippen molar-refractivity contribution in [3.05, 3.63) is 0 Å². The summed E-state index contributed by atoms with van der Waals surface area (Å²) in [6.07, 6.45) is 10.5. The van der Waals surface area contributed by atoms with Crippen molar-refractivity contribution >= 4 is 49.6 Å². The zero-order chi connectivity index (χ0) is 27.4. The van der Waals surface area contributed by atoms with Crippen LogP contribution in [-0.2, 0) is 0 Å². The van der Waals surface area contributed by atoms with Gasteiger partial charge in [0.25, 0.3) is 0 Å². The molecule has 0 fully saturated rings. The van der Waals surface area contributed by atoms with Gasteiger partial charge in [0.05, 0.1) is 5.03 Å². The van der Waals surface area contributed by atoms with E-state index in [2.05, 4.69) is 106 Å². The highest BCUT2D eigenvalue weighted by molar-refractivity contribution is 7.85. The van der Waals surface area contributed by atoms with Crippen LogP contribution in [-0.4, -0.2) is 49.6 Å². The first-order chi connectivity index (χ1) is 15.1. The number of carbonyl (C=O) groups is 1. The maximum atomic E-state index is 15.7. The highest BCUT2D eigenvalue weighted by atomic mass is 29.7. The normalized spacial score (nSPS) is 19.3. The predicted octanol–water partition coefficient (Wildman–Crippen LogP) is 10.8. The summed E-state index contributed by atoms with van der Waals surface area (Å²) in [4.78, 5) is 15.7. The van der Waals surface area contributed by atoms with Crippen LogP contribution in [0, 0.1) is 0 Å². The summed E-state index contributed by atoms with van der Waals surface area (Å²) in [7, 11) is -10.4. The van der Waals surface area contributed by atoms with Crippen LogP contribution in [0.4, 0.5) is 4.79 Å². The molecule has 4 atom stereocenters. The Balaban J connectivity index is 7.05. The zero-order valence-corrected chi connectivity index (χ0v) is 32.7. The number of unbranched alkanes of at least 4 members (excludes halogenated alkanes) is 4. The summed E-state index contributed by atoms with van der Waals surface area (Å²) in [6, 6.07) is 0. The van der Waals surface area contributed by atoms with E-state index >= 15 is 4.79 Å². The lowest BCUT2D eigenvalue weighted by Crippen LogP contribution is -2.84. The van der Waals surface area contributed by atoms with Crippen molar-refractivity contribution < 1.29 is 4.79 Å². The Morgan fingerprint density at radius 1 is 0.529 bits per heavy atom. The van der Waals surface area contributed by atoms with Crippen LogP contribution in [0.25, 0.3) is 0 Å². The second kappa shape index (κ2) is 12.7. The second-order valence-corrected chi connectivity index (χ2v) is 72.2. The molecule has 0 amide bonds. The van der Waals surface area contributed by atoms with Crippen molar-refractivity contribution in [3.8, 4) is 0 Å². The average Bonchev–Trinajstić information content (AvgIpc) is 2.70. The molecule has 0 aliphatic carbocycles. The van der Waals surface area contributed by atoms with Crippen LogP contribution in [0.3, 0.4) is 0 Å². The van der Waals surface area contributed by atoms with Gasteiger partial charge in [-0.2, -0.15) is 0 Å². The van der Waals surface area contributed by atoms with Gasteiger partial charge in [-0.15, -0.1) is 0 Å². The molecule has 0 aromatic heterocycles. The summed E-state index contributed by atoms with van der Waals surface area (Å²) in [5, 5.41) is 0.992. The highest BCUT2D eigenvalue weighted by Crippen LogP contribution is 2.48. The Hall–Kier alpha value is 0.971. The standard InChI is InChI=1S/C27H66OSi6/c1-17-19-21-23-25(3)33(15,31(11,12)29(5,6)7)27(28)34(16,26(4)24-22-20-18-2)32(13,14)30(8,9)10/h25-26H,17-24H2,1-16H3. The summed E-state index contributed by atoms with van der Waals surface area (Å²) in [6.45, 7) is 41.5. The molecule has 0 saturated carbocycles. The van der Waals surface area contributed by atoms with Gasteiger partial charge in [0.1, 0.15) is 15.2 Å². The van der Waals surface area contributed by atoms with E-state index in [4.69, 9.17) is 0 Å². The molecule has 0 aromatic rings. The first kappa shape index (κ1) is 35.0. The van der Waals surface area contributed by atoms with Crippen LogP contribution in [0.2, 0.25) is 89.6 Å². The zero-order valence-electron chi connectivity index (χ0n) is 26.7. The minimum absolute atomic E-state index is 0.654. The monoisotopic (exact) mass is 574 g/mol. The van der Waals surface area contributed by atoms with Crippen molar-refractivity contribution in [2.24, 2.45) is 0 Å². The van der Waals surface area contributed by atoms with Gasteiger partial charge in [-0.1, -0.05) is 158 Å². The smallest absolute Gasteiger partial charge is 0.116 e. The molecule has 0 bridgehead atoms. The summed E-state index contributed by atoms with van der Waals surface area (Å²) >= 11 is 0. The Kier molecular flexibility index (Phi) is 13.0. The third kappa shape index (κ3) is 6.69. The van der Waals surface area contributed by atoms with E-state index in [1.165, 1.54) is 51.4 Å². The predicted molar refractivity (Wildman–Crippen MR) is 177 cm³/mol. The fourth-order valence-corrected chi connectivity index (χ4v) is 90.5. The van der Waals surface area contributed by atoms with Crippen LogP contribution in [0.15, 0.2) is 0 Å². The quantitative estimate of drug-likeness (QED) is 0.132. The Labute approximate surface area is 222 Å². The van der Waals surface area contributed by atoms with Crippen molar-refractivity contribution in [2.45, 2.75) is 169 Å². The number of hydrogen-bond acceptors (Lipinski definition) is 1. The van der Waals surface area contributed by atoms with E-state index in [0.29, 0.717) is 11.1 Å². The van der Waals surface area contributed by atoms with Gasteiger partial charge in [0.15, 0.2) is 0 Å².